The van der Waals surface area contributed by atoms with Crippen LogP contribution in [0.25, 0.3) is 11.4 Å². The molecule has 0 amide bonds. The highest BCUT2D eigenvalue weighted by molar-refractivity contribution is 9.08. The first-order valence-electron chi connectivity index (χ1n) is 4.81. The van der Waals surface area contributed by atoms with Crippen LogP contribution in [0.5, 0.6) is 0 Å². The lowest BCUT2D eigenvalue weighted by molar-refractivity contribution is 0.383. The van der Waals surface area contributed by atoms with Gasteiger partial charge in [0, 0.05) is 17.3 Å². The Kier molecular flexibility index (Phi) is 3.16. The Balaban J connectivity index is 2.28. The van der Waals surface area contributed by atoms with Crippen molar-refractivity contribution >= 4 is 15.9 Å². The Morgan fingerprint density at radius 1 is 1.27 bits per heavy atom. The first-order valence-corrected chi connectivity index (χ1v) is 5.93. The maximum atomic E-state index is 5.05. The third-order valence-electron chi connectivity index (χ3n) is 2.14. The van der Waals surface area contributed by atoms with E-state index in [0.29, 0.717) is 11.7 Å². The smallest absolute Gasteiger partial charge is 0.226 e. The molecule has 1 heterocycles. The molecule has 0 bridgehead atoms. The molecular weight excluding hydrogens is 256 g/mol. The van der Waals surface area contributed by atoms with E-state index in [-0.39, 0.29) is 0 Å². The SMILES string of the molecule is CCc1nc(-c2ccc(CBr)cc2)no1. The van der Waals surface area contributed by atoms with E-state index in [0.717, 1.165) is 17.3 Å². The van der Waals surface area contributed by atoms with Crippen molar-refractivity contribution in [3.63, 3.8) is 0 Å². The van der Waals surface area contributed by atoms with E-state index in [1.165, 1.54) is 5.56 Å². The summed E-state index contributed by atoms with van der Waals surface area (Å²) in [6, 6.07) is 8.10. The van der Waals surface area contributed by atoms with E-state index in [1.807, 2.05) is 31.2 Å². The van der Waals surface area contributed by atoms with Crippen molar-refractivity contribution in [3.8, 4) is 11.4 Å². The van der Waals surface area contributed by atoms with Crippen LogP contribution < -0.4 is 0 Å². The minimum absolute atomic E-state index is 0.660. The van der Waals surface area contributed by atoms with Gasteiger partial charge in [0.1, 0.15) is 0 Å². The molecule has 0 saturated heterocycles. The van der Waals surface area contributed by atoms with Crippen molar-refractivity contribution in [2.24, 2.45) is 0 Å². The molecule has 0 saturated carbocycles. The third-order valence-corrected chi connectivity index (χ3v) is 2.78. The summed E-state index contributed by atoms with van der Waals surface area (Å²) in [6.45, 7) is 1.99. The number of alkyl halides is 1. The van der Waals surface area contributed by atoms with Gasteiger partial charge in [0.2, 0.25) is 11.7 Å². The molecule has 1 aromatic heterocycles. The van der Waals surface area contributed by atoms with Crippen LogP contribution >= 0.6 is 15.9 Å². The summed E-state index contributed by atoms with van der Waals surface area (Å²) in [5.41, 5.74) is 2.22. The molecule has 3 nitrogen and oxygen atoms in total. The van der Waals surface area contributed by atoms with E-state index in [9.17, 15) is 0 Å². The fourth-order valence-corrected chi connectivity index (χ4v) is 1.63. The van der Waals surface area contributed by atoms with E-state index in [1.54, 1.807) is 0 Å². The van der Waals surface area contributed by atoms with Gasteiger partial charge in [-0.25, -0.2) is 0 Å². The highest BCUT2D eigenvalue weighted by atomic mass is 79.9. The van der Waals surface area contributed by atoms with E-state index in [2.05, 4.69) is 26.1 Å². The molecular formula is C11H11BrN2O. The summed E-state index contributed by atoms with van der Waals surface area (Å²) in [5.74, 6) is 1.34. The standard InChI is InChI=1S/C11H11BrN2O/c1-2-10-13-11(14-15-10)9-5-3-8(7-12)4-6-9/h3-6H,2,7H2,1H3. The summed E-state index contributed by atoms with van der Waals surface area (Å²) in [5, 5.41) is 4.78. The summed E-state index contributed by atoms with van der Waals surface area (Å²) in [7, 11) is 0. The van der Waals surface area contributed by atoms with Gasteiger partial charge < -0.3 is 4.52 Å². The third kappa shape index (κ3) is 2.26. The lowest BCUT2D eigenvalue weighted by Crippen LogP contribution is -1.83. The highest BCUT2D eigenvalue weighted by Gasteiger charge is 2.06. The second-order valence-corrected chi connectivity index (χ2v) is 3.76. The van der Waals surface area contributed by atoms with Gasteiger partial charge >= 0.3 is 0 Å². The molecule has 0 unspecified atom stereocenters. The highest BCUT2D eigenvalue weighted by Crippen LogP contribution is 2.17. The fraction of sp³-hybridized carbons (Fsp3) is 0.273. The van der Waals surface area contributed by atoms with Gasteiger partial charge in [-0.1, -0.05) is 52.3 Å². The molecule has 15 heavy (non-hydrogen) atoms. The van der Waals surface area contributed by atoms with Gasteiger partial charge in [0.05, 0.1) is 0 Å². The first-order chi connectivity index (χ1) is 7.33. The van der Waals surface area contributed by atoms with Crippen molar-refractivity contribution in [1.82, 2.24) is 10.1 Å². The topological polar surface area (TPSA) is 38.9 Å². The van der Waals surface area contributed by atoms with Crippen molar-refractivity contribution in [2.75, 3.05) is 0 Å². The maximum Gasteiger partial charge on any atom is 0.226 e. The molecule has 0 aliphatic heterocycles. The Bertz CT molecular complexity index is 436. The normalized spacial score (nSPS) is 10.5. The van der Waals surface area contributed by atoms with Crippen LogP contribution in [0.15, 0.2) is 28.8 Å². The molecule has 0 N–H and O–H groups in total. The molecule has 1 aromatic carbocycles. The molecule has 2 rings (SSSR count). The van der Waals surface area contributed by atoms with Crippen LogP contribution in [-0.2, 0) is 11.8 Å². The average Bonchev–Trinajstić information content (AvgIpc) is 2.78. The summed E-state index contributed by atoms with van der Waals surface area (Å²) in [6.07, 6.45) is 0.770. The van der Waals surface area contributed by atoms with Crippen molar-refractivity contribution < 1.29 is 4.52 Å². The Morgan fingerprint density at radius 2 is 2.00 bits per heavy atom. The van der Waals surface area contributed by atoms with E-state index < -0.39 is 0 Å². The minimum Gasteiger partial charge on any atom is -0.339 e. The lowest BCUT2D eigenvalue weighted by atomic mass is 10.1. The number of halogens is 1. The lowest BCUT2D eigenvalue weighted by Gasteiger charge is -1.96. The molecule has 78 valence electrons. The largest absolute Gasteiger partial charge is 0.339 e. The quantitative estimate of drug-likeness (QED) is 0.801. The number of hydrogen-bond acceptors (Lipinski definition) is 3. The zero-order valence-corrected chi connectivity index (χ0v) is 9.99. The maximum absolute atomic E-state index is 5.05. The van der Waals surface area contributed by atoms with Gasteiger partial charge in [0.15, 0.2) is 0 Å². The average molecular weight is 267 g/mol. The second-order valence-electron chi connectivity index (χ2n) is 3.20. The van der Waals surface area contributed by atoms with Crippen LogP contribution in [0.1, 0.15) is 18.4 Å². The Morgan fingerprint density at radius 3 is 2.53 bits per heavy atom. The molecule has 0 aliphatic rings. The van der Waals surface area contributed by atoms with Crippen molar-refractivity contribution in [1.29, 1.82) is 0 Å². The predicted molar refractivity (Wildman–Crippen MR) is 61.7 cm³/mol. The Labute approximate surface area is 96.6 Å². The second kappa shape index (κ2) is 4.57. The Hall–Kier alpha value is -1.16. The van der Waals surface area contributed by atoms with Gasteiger partial charge in [-0.05, 0) is 5.56 Å². The van der Waals surface area contributed by atoms with Gasteiger partial charge in [0.25, 0.3) is 0 Å². The molecule has 0 radical (unpaired) electrons. The van der Waals surface area contributed by atoms with Gasteiger partial charge in [-0.2, -0.15) is 4.98 Å². The van der Waals surface area contributed by atoms with Crippen LogP contribution in [-0.4, -0.2) is 10.1 Å². The number of aromatic nitrogens is 2. The number of hydrogen-bond donors (Lipinski definition) is 0. The number of aryl methyl sites for hydroxylation is 1. The molecule has 0 atom stereocenters. The zero-order chi connectivity index (χ0) is 10.7. The van der Waals surface area contributed by atoms with E-state index in [4.69, 9.17) is 4.52 Å². The molecule has 0 fully saturated rings. The number of benzene rings is 1. The number of rotatable bonds is 3. The van der Waals surface area contributed by atoms with Crippen LogP contribution in [0.3, 0.4) is 0 Å². The van der Waals surface area contributed by atoms with Crippen LogP contribution in [0.4, 0.5) is 0 Å². The monoisotopic (exact) mass is 266 g/mol. The first kappa shape index (κ1) is 10.4. The number of nitrogens with zero attached hydrogens (tertiary/aromatic N) is 2. The van der Waals surface area contributed by atoms with Gasteiger partial charge in [-0.3, -0.25) is 0 Å². The van der Waals surface area contributed by atoms with E-state index >= 15 is 0 Å². The molecule has 4 heteroatoms. The predicted octanol–water partition coefficient (Wildman–Crippen LogP) is 3.19. The molecule has 2 aromatic rings. The van der Waals surface area contributed by atoms with Crippen LogP contribution in [0.2, 0.25) is 0 Å². The molecule has 0 aliphatic carbocycles. The molecule has 0 spiro atoms. The minimum atomic E-state index is 0.660. The summed E-state index contributed by atoms with van der Waals surface area (Å²) >= 11 is 3.40. The summed E-state index contributed by atoms with van der Waals surface area (Å²) in [4.78, 5) is 4.26. The summed E-state index contributed by atoms with van der Waals surface area (Å²) < 4.78 is 5.05. The van der Waals surface area contributed by atoms with Crippen molar-refractivity contribution in [3.05, 3.63) is 35.7 Å². The fourth-order valence-electron chi connectivity index (χ4n) is 1.26. The zero-order valence-electron chi connectivity index (χ0n) is 8.40. The van der Waals surface area contributed by atoms with Crippen LogP contribution in [0, 0.1) is 0 Å². The van der Waals surface area contributed by atoms with Gasteiger partial charge in [-0.15, -0.1) is 0 Å². The van der Waals surface area contributed by atoms with Crippen molar-refractivity contribution in [2.45, 2.75) is 18.7 Å².